The Morgan fingerprint density at radius 2 is 1.83 bits per heavy atom. The molecule has 35 heavy (non-hydrogen) atoms. The molecule has 0 spiro atoms. The van der Waals surface area contributed by atoms with Crippen molar-refractivity contribution in [1.29, 1.82) is 0 Å². The summed E-state index contributed by atoms with van der Waals surface area (Å²) in [5, 5.41) is 0. The highest BCUT2D eigenvalue weighted by Gasteiger charge is 2.65. The zero-order chi connectivity index (χ0) is 24.6. The van der Waals surface area contributed by atoms with Crippen molar-refractivity contribution >= 4 is 11.8 Å². The van der Waals surface area contributed by atoms with E-state index in [9.17, 15) is 9.59 Å². The number of rotatable bonds is 6. The Kier molecular flexibility index (Phi) is 6.42. The van der Waals surface area contributed by atoms with Crippen LogP contribution in [0.3, 0.4) is 0 Å². The molecule has 0 aliphatic heterocycles. The van der Waals surface area contributed by atoms with E-state index in [2.05, 4.69) is 12.8 Å². The summed E-state index contributed by atoms with van der Waals surface area (Å²) >= 11 is 0. The highest BCUT2D eigenvalue weighted by Crippen LogP contribution is 2.67. The largest absolute Gasteiger partial charge is 0.497 e. The number of esters is 1. The van der Waals surface area contributed by atoms with Crippen LogP contribution >= 0.6 is 0 Å². The number of benzene rings is 1. The summed E-state index contributed by atoms with van der Waals surface area (Å²) in [6.07, 6.45) is 16.6. The predicted molar refractivity (Wildman–Crippen MR) is 133 cm³/mol. The van der Waals surface area contributed by atoms with Gasteiger partial charge in [-0.15, -0.1) is 6.42 Å². The third-order valence-electron chi connectivity index (χ3n) is 9.69. The molecule has 6 atom stereocenters. The van der Waals surface area contributed by atoms with E-state index in [0.29, 0.717) is 48.0 Å². The zero-order valence-corrected chi connectivity index (χ0v) is 20.9. The molecule has 0 heterocycles. The van der Waals surface area contributed by atoms with Crippen molar-refractivity contribution in [3.05, 3.63) is 35.9 Å². The van der Waals surface area contributed by atoms with Gasteiger partial charge in [0.15, 0.2) is 18.0 Å². The van der Waals surface area contributed by atoms with Crippen LogP contribution in [0.4, 0.5) is 0 Å². The SMILES string of the molecule is C#C[C@]1(OC(=O)COc2ccc(OC)cc2)CCC2C3CCC4=CC(=O)CCC4C3CC[C@@]21CC. The van der Waals surface area contributed by atoms with Gasteiger partial charge in [0.1, 0.15) is 11.5 Å². The van der Waals surface area contributed by atoms with Crippen molar-refractivity contribution in [1.82, 2.24) is 0 Å². The van der Waals surface area contributed by atoms with E-state index in [1.807, 2.05) is 6.08 Å². The minimum Gasteiger partial charge on any atom is -0.497 e. The van der Waals surface area contributed by atoms with Gasteiger partial charge in [-0.2, -0.15) is 0 Å². The summed E-state index contributed by atoms with van der Waals surface area (Å²) < 4.78 is 17.1. The van der Waals surface area contributed by atoms with Gasteiger partial charge in [0.05, 0.1) is 7.11 Å². The summed E-state index contributed by atoms with van der Waals surface area (Å²) in [7, 11) is 1.61. The molecular formula is C30H36O5. The van der Waals surface area contributed by atoms with E-state index in [4.69, 9.17) is 20.6 Å². The van der Waals surface area contributed by atoms with E-state index in [-0.39, 0.29) is 12.0 Å². The van der Waals surface area contributed by atoms with Crippen LogP contribution in [-0.2, 0) is 14.3 Å². The number of ether oxygens (including phenoxy) is 3. The summed E-state index contributed by atoms with van der Waals surface area (Å²) in [6, 6.07) is 7.13. The smallest absolute Gasteiger partial charge is 0.345 e. The lowest BCUT2D eigenvalue weighted by molar-refractivity contribution is -0.175. The van der Waals surface area contributed by atoms with Gasteiger partial charge in [0.2, 0.25) is 0 Å². The average Bonchev–Trinajstić information content (AvgIpc) is 3.22. The first kappa shape index (κ1) is 24.0. The standard InChI is InChI=1S/C30H36O5/c1-4-29-16-14-25-24-13-7-21(31)18-20(24)6-12-26(25)27(29)15-17-30(29,5-2)35-28(32)19-34-23-10-8-22(33-3)9-11-23/h2,8-11,18,24-27H,4,6-7,12-17,19H2,1,3H3/t24?,25?,26?,27?,29-,30-/m0/s1. The minimum atomic E-state index is -0.879. The van der Waals surface area contributed by atoms with Crippen molar-refractivity contribution in [2.45, 2.75) is 70.3 Å². The van der Waals surface area contributed by atoms with Crippen LogP contribution in [0.15, 0.2) is 35.9 Å². The third kappa shape index (κ3) is 3.96. The molecule has 5 nitrogen and oxygen atoms in total. The molecule has 5 rings (SSSR count). The van der Waals surface area contributed by atoms with E-state index < -0.39 is 11.6 Å². The van der Waals surface area contributed by atoms with Crippen LogP contribution in [-0.4, -0.2) is 31.1 Å². The quantitative estimate of drug-likeness (QED) is 0.400. The third-order valence-corrected chi connectivity index (χ3v) is 9.69. The molecule has 3 saturated carbocycles. The second kappa shape index (κ2) is 9.37. The highest BCUT2D eigenvalue weighted by atomic mass is 16.6. The van der Waals surface area contributed by atoms with Crippen LogP contribution in [0.5, 0.6) is 11.5 Å². The van der Waals surface area contributed by atoms with Crippen LogP contribution < -0.4 is 9.47 Å². The average molecular weight is 477 g/mol. The Morgan fingerprint density at radius 1 is 1.06 bits per heavy atom. The lowest BCUT2D eigenvalue weighted by Crippen LogP contribution is -2.55. The molecule has 4 aliphatic rings. The maximum Gasteiger partial charge on any atom is 0.345 e. The number of carbonyl (C=O) groups is 2. The Labute approximate surface area is 208 Å². The van der Waals surface area contributed by atoms with E-state index in [1.165, 1.54) is 5.57 Å². The summed E-state index contributed by atoms with van der Waals surface area (Å²) in [5.74, 6) is 6.41. The number of fused-ring (bicyclic) bond motifs is 5. The molecule has 0 aromatic heterocycles. The topological polar surface area (TPSA) is 61.8 Å². The molecule has 0 saturated heterocycles. The van der Waals surface area contributed by atoms with Gasteiger partial charge in [-0.25, -0.2) is 4.79 Å². The number of ketones is 1. The Morgan fingerprint density at radius 3 is 2.54 bits per heavy atom. The van der Waals surface area contributed by atoms with Crippen molar-refractivity contribution in [2.75, 3.05) is 13.7 Å². The van der Waals surface area contributed by atoms with E-state index in [0.717, 1.165) is 50.7 Å². The molecule has 3 fully saturated rings. The van der Waals surface area contributed by atoms with Crippen LogP contribution in [0.2, 0.25) is 0 Å². The first-order valence-electron chi connectivity index (χ1n) is 13.1. The number of methoxy groups -OCH3 is 1. The molecule has 0 bridgehead atoms. The van der Waals surface area contributed by atoms with Gasteiger partial charge in [0, 0.05) is 11.8 Å². The van der Waals surface area contributed by atoms with Crippen LogP contribution in [0.1, 0.15) is 64.7 Å². The summed E-state index contributed by atoms with van der Waals surface area (Å²) in [5.41, 5.74) is 0.315. The zero-order valence-electron chi connectivity index (χ0n) is 20.9. The Bertz CT molecular complexity index is 1050. The highest BCUT2D eigenvalue weighted by molar-refractivity contribution is 5.91. The first-order valence-corrected chi connectivity index (χ1v) is 13.1. The molecule has 5 heteroatoms. The Balaban J connectivity index is 1.31. The summed E-state index contributed by atoms with van der Waals surface area (Å²) in [6.45, 7) is 2.04. The van der Waals surface area contributed by atoms with Gasteiger partial charge in [-0.3, -0.25) is 4.79 Å². The van der Waals surface area contributed by atoms with Gasteiger partial charge in [-0.05, 0) is 105 Å². The molecule has 0 N–H and O–H groups in total. The molecule has 4 unspecified atom stereocenters. The first-order chi connectivity index (χ1) is 16.9. The number of allylic oxidation sites excluding steroid dienone is 1. The van der Waals surface area contributed by atoms with Gasteiger partial charge < -0.3 is 14.2 Å². The number of terminal acetylenes is 1. The molecule has 1 aromatic rings. The molecule has 4 aliphatic carbocycles. The number of carbonyl (C=O) groups excluding carboxylic acids is 2. The number of hydrogen-bond donors (Lipinski definition) is 0. The van der Waals surface area contributed by atoms with Crippen molar-refractivity contribution in [2.24, 2.45) is 29.1 Å². The van der Waals surface area contributed by atoms with Crippen molar-refractivity contribution in [3.8, 4) is 23.8 Å². The fourth-order valence-corrected chi connectivity index (χ4v) is 8.16. The Hall–Kier alpha value is -2.74. The minimum absolute atomic E-state index is 0.170. The molecule has 0 amide bonds. The van der Waals surface area contributed by atoms with Crippen LogP contribution in [0, 0.1) is 41.4 Å². The van der Waals surface area contributed by atoms with Crippen LogP contribution in [0.25, 0.3) is 0 Å². The molecule has 0 radical (unpaired) electrons. The molecule has 1 aromatic carbocycles. The van der Waals surface area contributed by atoms with Crippen molar-refractivity contribution in [3.63, 3.8) is 0 Å². The second-order valence-corrected chi connectivity index (χ2v) is 10.8. The maximum absolute atomic E-state index is 13.0. The van der Waals surface area contributed by atoms with E-state index in [1.54, 1.807) is 31.4 Å². The lowest BCUT2D eigenvalue weighted by atomic mass is 9.49. The summed E-state index contributed by atoms with van der Waals surface area (Å²) in [4.78, 5) is 25.0. The molecular weight excluding hydrogens is 440 g/mol. The fourth-order valence-electron chi connectivity index (χ4n) is 8.16. The number of hydrogen-bond acceptors (Lipinski definition) is 5. The van der Waals surface area contributed by atoms with Gasteiger partial charge >= 0.3 is 5.97 Å². The monoisotopic (exact) mass is 476 g/mol. The van der Waals surface area contributed by atoms with Crippen molar-refractivity contribution < 1.29 is 23.8 Å². The molecule has 186 valence electrons. The normalized spacial score (nSPS) is 35.6. The maximum atomic E-state index is 13.0. The van der Waals surface area contributed by atoms with Gasteiger partial charge in [0.25, 0.3) is 0 Å². The predicted octanol–water partition coefficient (Wildman–Crippen LogP) is 5.52. The lowest BCUT2D eigenvalue weighted by Gasteiger charge is -2.56. The van der Waals surface area contributed by atoms with Gasteiger partial charge in [-0.1, -0.05) is 18.4 Å². The van der Waals surface area contributed by atoms with E-state index >= 15 is 0 Å². The fraction of sp³-hybridized carbons (Fsp3) is 0.600. The second-order valence-electron chi connectivity index (χ2n) is 10.8.